The summed E-state index contributed by atoms with van der Waals surface area (Å²) in [6.45, 7) is 1.18. The van der Waals surface area contributed by atoms with Crippen molar-refractivity contribution >= 4 is 21.6 Å². The summed E-state index contributed by atoms with van der Waals surface area (Å²) in [5, 5.41) is 9.03. The molecule has 0 saturated heterocycles. The van der Waals surface area contributed by atoms with E-state index in [9.17, 15) is 12.8 Å². The summed E-state index contributed by atoms with van der Waals surface area (Å²) in [5.74, 6) is -0.908. The van der Waals surface area contributed by atoms with Crippen molar-refractivity contribution in [2.75, 3.05) is 13.7 Å². The van der Waals surface area contributed by atoms with Crippen molar-refractivity contribution < 1.29 is 17.9 Å². The number of sulfonamides is 1. The van der Waals surface area contributed by atoms with Gasteiger partial charge in [-0.05, 0) is 25.1 Å². The van der Waals surface area contributed by atoms with Gasteiger partial charge in [-0.25, -0.2) is 12.8 Å². The highest BCUT2D eigenvalue weighted by molar-refractivity contribution is 7.89. The third-order valence-electron chi connectivity index (χ3n) is 2.44. The number of halogens is 2. The zero-order valence-corrected chi connectivity index (χ0v) is 11.0. The van der Waals surface area contributed by atoms with Crippen LogP contribution in [0.1, 0.15) is 6.92 Å². The fourth-order valence-electron chi connectivity index (χ4n) is 1.19. The Morgan fingerprint density at radius 3 is 2.59 bits per heavy atom. The standard InChI is InChI=1S/C10H13ClFNO3S/c1-7(6-14)13(2)17(15,16)10-4-3-8(11)5-9(10)12/h3-5,7,14H,6H2,1-2H3. The number of hydrogen-bond acceptors (Lipinski definition) is 3. The van der Waals surface area contributed by atoms with Crippen LogP contribution in [-0.4, -0.2) is 37.5 Å². The SMILES string of the molecule is CC(CO)N(C)S(=O)(=O)c1ccc(Cl)cc1F. The van der Waals surface area contributed by atoms with Gasteiger partial charge in [0.15, 0.2) is 0 Å². The van der Waals surface area contributed by atoms with Crippen LogP contribution in [-0.2, 0) is 10.0 Å². The predicted octanol–water partition coefficient (Wildman–Crippen LogP) is 1.48. The molecule has 0 aliphatic heterocycles. The number of rotatable bonds is 4. The first-order valence-corrected chi connectivity index (χ1v) is 6.66. The van der Waals surface area contributed by atoms with Crippen molar-refractivity contribution in [3.05, 3.63) is 29.0 Å². The lowest BCUT2D eigenvalue weighted by Gasteiger charge is -2.22. The summed E-state index contributed by atoms with van der Waals surface area (Å²) in [4.78, 5) is -0.454. The molecule has 0 spiro atoms. The molecule has 0 saturated carbocycles. The van der Waals surface area contributed by atoms with Crippen molar-refractivity contribution in [2.45, 2.75) is 17.9 Å². The van der Waals surface area contributed by atoms with Gasteiger partial charge in [-0.15, -0.1) is 0 Å². The Hall–Kier alpha value is -0.690. The first-order valence-electron chi connectivity index (χ1n) is 4.84. The van der Waals surface area contributed by atoms with Crippen LogP contribution < -0.4 is 0 Å². The third kappa shape index (κ3) is 2.95. The molecule has 17 heavy (non-hydrogen) atoms. The molecule has 0 radical (unpaired) electrons. The fourth-order valence-corrected chi connectivity index (χ4v) is 2.75. The van der Waals surface area contributed by atoms with Gasteiger partial charge in [0.25, 0.3) is 0 Å². The molecule has 0 aliphatic carbocycles. The molecular formula is C10H13ClFNO3S. The average molecular weight is 282 g/mol. The molecular weight excluding hydrogens is 269 g/mol. The Labute approximate surface area is 105 Å². The first kappa shape index (κ1) is 14.4. The average Bonchev–Trinajstić information content (AvgIpc) is 2.26. The second-order valence-corrected chi connectivity index (χ2v) is 6.03. The topological polar surface area (TPSA) is 57.6 Å². The number of hydrogen-bond donors (Lipinski definition) is 1. The lowest BCUT2D eigenvalue weighted by Crippen LogP contribution is -2.37. The number of nitrogens with zero attached hydrogens (tertiary/aromatic N) is 1. The summed E-state index contributed by atoms with van der Waals surface area (Å²) < 4.78 is 38.4. The molecule has 96 valence electrons. The lowest BCUT2D eigenvalue weighted by atomic mass is 10.3. The molecule has 0 amide bonds. The van der Waals surface area contributed by atoms with E-state index >= 15 is 0 Å². The van der Waals surface area contributed by atoms with Crippen molar-refractivity contribution in [3.63, 3.8) is 0 Å². The van der Waals surface area contributed by atoms with Gasteiger partial charge < -0.3 is 5.11 Å². The predicted molar refractivity (Wildman–Crippen MR) is 62.9 cm³/mol. The Balaban J connectivity index is 3.22. The molecule has 0 fully saturated rings. The van der Waals surface area contributed by atoms with Crippen LogP contribution >= 0.6 is 11.6 Å². The van der Waals surface area contributed by atoms with Crippen LogP contribution in [0.25, 0.3) is 0 Å². The minimum absolute atomic E-state index is 0.124. The normalized spacial score (nSPS) is 14.0. The Morgan fingerprint density at radius 2 is 2.12 bits per heavy atom. The minimum Gasteiger partial charge on any atom is -0.395 e. The van der Waals surface area contributed by atoms with E-state index in [2.05, 4.69) is 0 Å². The van der Waals surface area contributed by atoms with Gasteiger partial charge in [-0.1, -0.05) is 11.6 Å². The van der Waals surface area contributed by atoms with Crippen molar-refractivity contribution in [1.82, 2.24) is 4.31 Å². The van der Waals surface area contributed by atoms with Crippen LogP contribution in [0.4, 0.5) is 4.39 Å². The molecule has 1 aromatic rings. The lowest BCUT2D eigenvalue weighted by molar-refractivity contribution is 0.213. The maximum absolute atomic E-state index is 13.5. The molecule has 0 aromatic heterocycles. The summed E-state index contributed by atoms with van der Waals surface area (Å²) in [6.07, 6.45) is 0. The van der Waals surface area contributed by atoms with Crippen LogP contribution in [0, 0.1) is 5.82 Å². The van der Waals surface area contributed by atoms with E-state index in [4.69, 9.17) is 16.7 Å². The maximum Gasteiger partial charge on any atom is 0.246 e. The third-order valence-corrected chi connectivity index (χ3v) is 4.68. The number of aliphatic hydroxyl groups is 1. The molecule has 1 atom stereocenters. The van der Waals surface area contributed by atoms with Crippen molar-refractivity contribution in [3.8, 4) is 0 Å². The zero-order chi connectivity index (χ0) is 13.2. The minimum atomic E-state index is -3.96. The van der Waals surface area contributed by atoms with Crippen molar-refractivity contribution in [2.24, 2.45) is 0 Å². The number of benzene rings is 1. The summed E-state index contributed by atoms with van der Waals surface area (Å²) in [6, 6.07) is 2.71. The Bertz CT molecular complexity index is 506. The molecule has 4 nitrogen and oxygen atoms in total. The summed E-state index contributed by atoms with van der Waals surface area (Å²) in [7, 11) is -2.68. The van der Waals surface area contributed by atoms with Gasteiger partial charge in [-0.2, -0.15) is 4.31 Å². The quantitative estimate of drug-likeness (QED) is 0.909. The van der Waals surface area contributed by atoms with Crippen molar-refractivity contribution in [1.29, 1.82) is 0 Å². The molecule has 1 unspecified atom stereocenters. The van der Waals surface area contributed by atoms with Gasteiger partial charge in [-0.3, -0.25) is 0 Å². The van der Waals surface area contributed by atoms with E-state index in [-0.39, 0.29) is 11.6 Å². The highest BCUT2D eigenvalue weighted by Gasteiger charge is 2.27. The second-order valence-electron chi connectivity index (χ2n) is 3.63. The van der Waals surface area contributed by atoms with Gasteiger partial charge >= 0.3 is 0 Å². The van der Waals surface area contributed by atoms with Gasteiger partial charge in [0.1, 0.15) is 10.7 Å². The fraction of sp³-hybridized carbons (Fsp3) is 0.400. The Morgan fingerprint density at radius 1 is 1.53 bits per heavy atom. The first-order chi connectivity index (χ1) is 7.80. The van der Waals surface area contributed by atoms with E-state index in [1.807, 2.05) is 0 Å². The second kappa shape index (κ2) is 5.30. The highest BCUT2D eigenvalue weighted by Crippen LogP contribution is 2.22. The Kier molecular flexibility index (Phi) is 4.48. The summed E-state index contributed by atoms with van der Waals surface area (Å²) in [5.41, 5.74) is 0. The molecule has 0 aliphatic rings. The molecule has 7 heteroatoms. The van der Waals surface area contributed by atoms with E-state index in [0.29, 0.717) is 0 Å². The molecule has 0 bridgehead atoms. The van der Waals surface area contributed by atoms with Crippen LogP contribution in [0.2, 0.25) is 5.02 Å². The van der Waals surface area contributed by atoms with Crippen LogP contribution in [0.15, 0.2) is 23.1 Å². The molecule has 1 aromatic carbocycles. The zero-order valence-electron chi connectivity index (χ0n) is 9.39. The molecule has 0 heterocycles. The van der Waals surface area contributed by atoms with Crippen LogP contribution in [0.5, 0.6) is 0 Å². The van der Waals surface area contributed by atoms with E-state index < -0.39 is 26.8 Å². The molecule has 1 N–H and O–H groups in total. The van der Waals surface area contributed by atoms with E-state index in [1.165, 1.54) is 20.0 Å². The monoisotopic (exact) mass is 281 g/mol. The number of likely N-dealkylation sites (N-methyl/N-ethyl adjacent to an activating group) is 1. The van der Waals surface area contributed by atoms with Gasteiger partial charge in [0.2, 0.25) is 10.0 Å². The molecule has 1 rings (SSSR count). The highest BCUT2D eigenvalue weighted by atomic mass is 35.5. The van der Waals surface area contributed by atoms with E-state index in [0.717, 1.165) is 16.4 Å². The maximum atomic E-state index is 13.5. The van der Waals surface area contributed by atoms with E-state index in [1.54, 1.807) is 0 Å². The number of aliphatic hydroxyl groups excluding tert-OH is 1. The summed E-state index contributed by atoms with van der Waals surface area (Å²) >= 11 is 5.55. The smallest absolute Gasteiger partial charge is 0.246 e. The van der Waals surface area contributed by atoms with Gasteiger partial charge in [0.05, 0.1) is 6.61 Å². The largest absolute Gasteiger partial charge is 0.395 e. The van der Waals surface area contributed by atoms with Crippen LogP contribution in [0.3, 0.4) is 0 Å². The van der Waals surface area contributed by atoms with Gasteiger partial charge in [0, 0.05) is 18.1 Å².